The van der Waals surface area contributed by atoms with Crippen LogP contribution in [0.3, 0.4) is 0 Å². The maximum atomic E-state index is 13.2. The summed E-state index contributed by atoms with van der Waals surface area (Å²) in [5.41, 5.74) is -1.43. The number of aliphatic carboxylic acids is 1. The summed E-state index contributed by atoms with van der Waals surface area (Å²) in [5.74, 6) is -4.73. The Bertz CT molecular complexity index is 591. The summed E-state index contributed by atoms with van der Waals surface area (Å²) in [6.45, 7) is 0.0152. The predicted octanol–water partition coefficient (Wildman–Crippen LogP) is 1.81. The Hall–Kier alpha value is -2.58. The Balaban J connectivity index is 2.98. The monoisotopic (exact) mass is 302 g/mol. The molecule has 0 saturated heterocycles. The summed E-state index contributed by atoms with van der Waals surface area (Å²) in [4.78, 5) is 33.2. The molecule has 0 radical (unpaired) electrons. The van der Waals surface area contributed by atoms with Crippen molar-refractivity contribution in [3.63, 3.8) is 0 Å². The van der Waals surface area contributed by atoms with Crippen LogP contribution in [0, 0.1) is 21.7 Å². The van der Waals surface area contributed by atoms with Gasteiger partial charge in [-0.3, -0.25) is 19.7 Å². The van der Waals surface area contributed by atoms with Crippen molar-refractivity contribution >= 4 is 17.6 Å². The highest BCUT2D eigenvalue weighted by Gasteiger charge is 2.26. The highest BCUT2D eigenvalue weighted by molar-refractivity contribution is 5.98. The Labute approximate surface area is 117 Å². The van der Waals surface area contributed by atoms with Gasteiger partial charge in [0.1, 0.15) is 5.56 Å². The van der Waals surface area contributed by atoms with Crippen LogP contribution in [0.5, 0.6) is 0 Å². The molecule has 0 spiro atoms. The maximum Gasteiger partial charge on any atom is 0.303 e. The van der Waals surface area contributed by atoms with Gasteiger partial charge in [-0.15, -0.1) is 0 Å². The van der Waals surface area contributed by atoms with Gasteiger partial charge in [0.15, 0.2) is 11.6 Å². The number of halogens is 2. The zero-order chi connectivity index (χ0) is 16.2. The second-order valence-corrected chi connectivity index (χ2v) is 4.26. The van der Waals surface area contributed by atoms with Gasteiger partial charge in [-0.05, 0) is 12.5 Å². The largest absolute Gasteiger partial charge is 0.481 e. The molecule has 1 rings (SSSR count). The number of carbonyl (C=O) groups is 2. The van der Waals surface area contributed by atoms with Crippen LogP contribution in [0.1, 0.15) is 23.2 Å². The van der Waals surface area contributed by atoms with Crippen LogP contribution in [0.15, 0.2) is 12.1 Å². The molecule has 7 nitrogen and oxygen atoms in total. The molecular formula is C12H12F2N2O5. The second-order valence-electron chi connectivity index (χ2n) is 4.26. The Kier molecular flexibility index (Phi) is 5.28. The number of amides is 1. The van der Waals surface area contributed by atoms with Crippen LogP contribution < -0.4 is 0 Å². The van der Waals surface area contributed by atoms with E-state index in [9.17, 15) is 28.5 Å². The van der Waals surface area contributed by atoms with Gasteiger partial charge in [0.05, 0.1) is 11.0 Å². The summed E-state index contributed by atoms with van der Waals surface area (Å²) in [6.07, 6.45) is -0.0491. The minimum atomic E-state index is -1.42. The van der Waals surface area contributed by atoms with Gasteiger partial charge >= 0.3 is 5.97 Å². The Morgan fingerprint density at radius 3 is 2.43 bits per heavy atom. The number of carboxylic acids is 1. The summed E-state index contributed by atoms with van der Waals surface area (Å²) in [5, 5.41) is 19.3. The average Bonchev–Trinajstić information content (AvgIpc) is 2.39. The van der Waals surface area contributed by atoms with Crippen LogP contribution in [-0.2, 0) is 4.79 Å². The van der Waals surface area contributed by atoms with Crippen molar-refractivity contribution in [2.75, 3.05) is 13.6 Å². The first-order valence-electron chi connectivity index (χ1n) is 5.84. The van der Waals surface area contributed by atoms with Gasteiger partial charge in [0, 0.05) is 20.0 Å². The minimum Gasteiger partial charge on any atom is -0.481 e. The van der Waals surface area contributed by atoms with E-state index < -0.39 is 39.7 Å². The molecule has 114 valence electrons. The number of rotatable bonds is 6. The quantitative estimate of drug-likeness (QED) is 0.638. The van der Waals surface area contributed by atoms with Crippen molar-refractivity contribution in [1.29, 1.82) is 0 Å². The zero-order valence-electron chi connectivity index (χ0n) is 11.0. The number of carboxylic acid groups (broad SMARTS) is 1. The lowest BCUT2D eigenvalue weighted by atomic mass is 10.1. The first-order chi connectivity index (χ1) is 9.73. The van der Waals surface area contributed by atoms with Crippen molar-refractivity contribution < 1.29 is 28.4 Å². The number of benzene rings is 1. The van der Waals surface area contributed by atoms with E-state index in [1.165, 1.54) is 7.05 Å². The van der Waals surface area contributed by atoms with E-state index in [1.807, 2.05) is 0 Å². The predicted molar refractivity (Wildman–Crippen MR) is 66.8 cm³/mol. The average molecular weight is 302 g/mol. The first-order valence-corrected chi connectivity index (χ1v) is 5.84. The van der Waals surface area contributed by atoms with Crippen molar-refractivity contribution in [3.8, 4) is 0 Å². The number of hydrogen-bond acceptors (Lipinski definition) is 4. The van der Waals surface area contributed by atoms with Crippen LogP contribution in [-0.4, -0.2) is 40.4 Å². The molecule has 0 aliphatic heterocycles. The molecule has 0 aromatic heterocycles. The third-order valence-electron chi connectivity index (χ3n) is 2.70. The molecule has 1 aromatic carbocycles. The molecule has 0 saturated carbocycles. The maximum absolute atomic E-state index is 13.2. The lowest BCUT2D eigenvalue weighted by molar-refractivity contribution is -0.385. The molecule has 0 unspecified atom stereocenters. The van der Waals surface area contributed by atoms with Crippen LogP contribution >= 0.6 is 0 Å². The van der Waals surface area contributed by atoms with Gasteiger partial charge < -0.3 is 10.0 Å². The van der Waals surface area contributed by atoms with E-state index in [2.05, 4.69) is 0 Å². The highest BCUT2D eigenvalue weighted by atomic mass is 19.2. The molecule has 0 fully saturated rings. The lowest BCUT2D eigenvalue weighted by Gasteiger charge is -2.16. The number of nitro benzene ring substituents is 1. The van der Waals surface area contributed by atoms with Crippen LogP contribution in [0.2, 0.25) is 0 Å². The molecule has 1 amide bonds. The fourth-order valence-electron chi connectivity index (χ4n) is 1.63. The Morgan fingerprint density at radius 1 is 1.33 bits per heavy atom. The first kappa shape index (κ1) is 16.5. The van der Waals surface area contributed by atoms with Gasteiger partial charge in [-0.25, -0.2) is 8.78 Å². The molecule has 1 aromatic rings. The zero-order valence-corrected chi connectivity index (χ0v) is 11.0. The summed E-state index contributed by atoms with van der Waals surface area (Å²) < 4.78 is 26.2. The molecule has 0 heterocycles. The summed E-state index contributed by atoms with van der Waals surface area (Å²) in [7, 11) is 1.29. The third-order valence-corrected chi connectivity index (χ3v) is 2.70. The third kappa shape index (κ3) is 4.20. The molecule has 21 heavy (non-hydrogen) atoms. The highest BCUT2D eigenvalue weighted by Crippen LogP contribution is 2.23. The molecule has 1 N–H and O–H groups in total. The Morgan fingerprint density at radius 2 is 1.90 bits per heavy atom. The second kappa shape index (κ2) is 6.73. The van der Waals surface area contributed by atoms with E-state index >= 15 is 0 Å². The van der Waals surface area contributed by atoms with E-state index in [0.717, 1.165) is 4.90 Å². The molecule has 0 bridgehead atoms. The fourth-order valence-corrected chi connectivity index (χ4v) is 1.63. The lowest BCUT2D eigenvalue weighted by Crippen LogP contribution is -2.29. The number of nitrogens with zero attached hydrogens (tertiary/aromatic N) is 2. The fraction of sp³-hybridized carbons (Fsp3) is 0.333. The van der Waals surface area contributed by atoms with Gasteiger partial charge in [0.2, 0.25) is 0 Å². The molecule has 0 aliphatic rings. The van der Waals surface area contributed by atoms with Gasteiger partial charge in [0.25, 0.3) is 11.6 Å². The SMILES string of the molecule is CN(CCCC(=O)O)C(=O)c1cc(F)c(F)cc1[N+](=O)[O-]. The van der Waals surface area contributed by atoms with Crippen LogP contribution in [0.25, 0.3) is 0 Å². The standard InChI is InChI=1S/C12H12F2N2O5/c1-15(4-2-3-11(17)18)12(19)7-5-8(13)9(14)6-10(7)16(20)21/h5-6H,2-4H2,1H3,(H,17,18). The molecule has 9 heteroatoms. The van der Waals surface area contributed by atoms with E-state index in [1.54, 1.807) is 0 Å². The van der Waals surface area contributed by atoms with E-state index in [-0.39, 0.29) is 19.4 Å². The van der Waals surface area contributed by atoms with Gasteiger partial charge in [-0.2, -0.15) is 0 Å². The summed E-state index contributed by atoms with van der Waals surface area (Å²) >= 11 is 0. The molecule has 0 aliphatic carbocycles. The number of nitro groups is 1. The number of hydrogen-bond donors (Lipinski definition) is 1. The smallest absolute Gasteiger partial charge is 0.303 e. The summed E-state index contributed by atoms with van der Waals surface area (Å²) in [6, 6.07) is 0.803. The molecule has 0 atom stereocenters. The van der Waals surface area contributed by atoms with Gasteiger partial charge in [-0.1, -0.05) is 0 Å². The molecular weight excluding hydrogens is 290 g/mol. The van der Waals surface area contributed by atoms with Crippen molar-refractivity contribution in [3.05, 3.63) is 39.4 Å². The van der Waals surface area contributed by atoms with E-state index in [0.29, 0.717) is 12.1 Å². The van der Waals surface area contributed by atoms with E-state index in [4.69, 9.17) is 5.11 Å². The van der Waals surface area contributed by atoms with Crippen LogP contribution in [0.4, 0.5) is 14.5 Å². The topological polar surface area (TPSA) is 101 Å². The minimum absolute atomic E-state index is 0.0152. The number of carbonyl (C=O) groups excluding carboxylic acids is 1. The van der Waals surface area contributed by atoms with Crippen molar-refractivity contribution in [2.24, 2.45) is 0 Å². The van der Waals surface area contributed by atoms with Crippen molar-refractivity contribution in [2.45, 2.75) is 12.8 Å². The van der Waals surface area contributed by atoms with Crippen molar-refractivity contribution in [1.82, 2.24) is 4.90 Å². The normalized spacial score (nSPS) is 10.2.